The Labute approximate surface area is 395 Å². The number of Topliss-reactive ketones (excluding diaryl/α,β-unsaturated/α-hetero) is 4. The number of ketones is 4. The molecule has 4 N–H and O–H groups in total. The molecule has 2 aliphatic carbocycles. The average Bonchev–Trinajstić information content (AvgIpc) is 3.68. The van der Waals surface area contributed by atoms with Gasteiger partial charge >= 0.3 is 23.9 Å². The zero-order chi connectivity index (χ0) is 51.0. The molecule has 0 saturated carbocycles. The zero-order valence-corrected chi connectivity index (χ0v) is 39.8. The third-order valence-corrected chi connectivity index (χ3v) is 11.9. The van der Waals surface area contributed by atoms with Gasteiger partial charge < -0.3 is 39.4 Å². The van der Waals surface area contributed by atoms with Gasteiger partial charge in [0.1, 0.15) is 0 Å². The van der Waals surface area contributed by atoms with Gasteiger partial charge in [-0.15, -0.1) is 0 Å². The molecule has 364 valence electrons. The van der Waals surface area contributed by atoms with Crippen LogP contribution < -0.4 is 0 Å². The Morgan fingerprint density at radius 2 is 0.868 bits per heavy atom. The highest BCUT2D eigenvalue weighted by Crippen LogP contribution is 2.42. The number of rotatable bonds is 16. The lowest BCUT2D eigenvalue weighted by molar-refractivity contribution is -0.173. The molecule has 16 heteroatoms. The molecule has 8 atom stereocenters. The fourth-order valence-corrected chi connectivity index (χ4v) is 7.90. The highest BCUT2D eigenvalue weighted by Gasteiger charge is 2.51. The molecule has 4 rings (SSSR count). The molecule has 0 amide bonds. The first-order chi connectivity index (χ1) is 31.7. The minimum atomic E-state index is -2.19. The molecule has 8 unspecified atom stereocenters. The molecule has 0 aromatic rings. The van der Waals surface area contributed by atoms with Gasteiger partial charge in [0.2, 0.25) is 23.8 Å². The minimum Gasteiger partial charge on any atom is -0.452 e. The SMILES string of the molecule is CC(C=CC=C(C)C=CC1=C(C)C(=O)C(OC(=O)C(O)C2OC(=O)C(O)C2=O)CC1(C)C)=CC=CC=C(C)C=CC=C(C)C=CC1=C(C)C(=O)C(OC(=O)C(O)C2OC(=O)C(O)C2=O)CC1(C)C. The van der Waals surface area contributed by atoms with Crippen LogP contribution in [0, 0.1) is 10.8 Å². The lowest BCUT2D eigenvalue weighted by Crippen LogP contribution is -2.45. The number of ether oxygens (including phenoxy) is 4. The molecular formula is C52H60O16. The van der Waals surface area contributed by atoms with Gasteiger partial charge in [0.25, 0.3) is 0 Å². The number of allylic oxidation sites excluding steroid dienone is 20. The first-order valence-electron chi connectivity index (χ1n) is 21.9. The van der Waals surface area contributed by atoms with Crippen molar-refractivity contribution >= 4 is 47.0 Å². The fraction of sp³-hybridized carbons (Fsp3) is 0.423. The molecule has 16 nitrogen and oxygen atoms in total. The third-order valence-electron chi connectivity index (χ3n) is 11.9. The summed E-state index contributed by atoms with van der Waals surface area (Å²) in [5.74, 6) is -8.45. The van der Waals surface area contributed by atoms with Gasteiger partial charge in [0.05, 0.1) is 0 Å². The highest BCUT2D eigenvalue weighted by atomic mass is 16.6. The van der Waals surface area contributed by atoms with Gasteiger partial charge in [0.15, 0.2) is 48.2 Å². The molecule has 2 aliphatic heterocycles. The molecule has 68 heavy (non-hydrogen) atoms. The summed E-state index contributed by atoms with van der Waals surface area (Å²) >= 11 is 0. The number of carbonyl (C=O) groups excluding carboxylic acids is 8. The van der Waals surface area contributed by atoms with Crippen LogP contribution in [0.15, 0.2) is 130 Å². The van der Waals surface area contributed by atoms with Crippen molar-refractivity contribution in [3.63, 3.8) is 0 Å². The van der Waals surface area contributed by atoms with Gasteiger partial charge in [-0.1, -0.05) is 135 Å². The third kappa shape index (κ3) is 13.2. The predicted molar refractivity (Wildman–Crippen MR) is 246 cm³/mol. The van der Waals surface area contributed by atoms with E-state index in [4.69, 9.17) is 9.47 Å². The van der Waals surface area contributed by atoms with E-state index in [0.717, 1.165) is 33.4 Å². The standard InChI is InChI=1S/C52H60O16/c1-27(17-13-19-29(3)21-23-33-31(5)37(53)35(25-51(33,7)8)65-49(63)43(59)45-39(55)41(57)47(61)67-45)15-11-12-16-28(2)18-14-20-30(4)22-24-34-32(6)38(54)36(26-52(34,9)10)66-50(64)44(60)46-40(56)42(58)48(62)68-46/h11-24,35-36,41-46,57-60H,25-26H2,1-10H3. The van der Waals surface area contributed by atoms with Gasteiger partial charge in [-0.3, -0.25) is 19.2 Å². The Kier molecular flexibility index (Phi) is 18.0. The largest absolute Gasteiger partial charge is 0.452 e. The normalized spacial score (nSPS) is 27.4. The molecule has 4 aliphatic rings. The molecule has 0 radical (unpaired) electrons. The van der Waals surface area contributed by atoms with Crippen molar-refractivity contribution in [3.8, 4) is 0 Å². The summed E-state index contributed by atoms with van der Waals surface area (Å²) in [5, 5.41) is 39.6. The van der Waals surface area contributed by atoms with Crippen LogP contribution in [0.3, 0.4) is 0 Å². The molecular weight excluding hydrogens is 881 g/mol. The lowest BCUT2D eigenvalue weighted by atomic mass is 9.71. The molecule has 0 aromatic heterocycles. The Hall–Kier alpha value is -6.46. The lowest BCUT2D eigenvalue weighted by Gasteiger charge is -2.36. The van der Waals surface area contributed by atoms with Crippen molar-refractivity contribution in [2.45, 2.75) is 131 Å². The van der Waals surface area contributed by atoms with E-state index in [1.165, 1.54) is 0 Å². The van der Waals surface area contributed by atoms with Crippen LogP contribution in [-0.4, -0.2) is 116 Å². The number of aliphatic hydroxyl groups is 4. The van der Waals surface area contributed by atoms with Crippen molar-refractivity contribution in [1.82, 2.24) is 0 Å². The molecule has 0 aromatic carbocycles. The molecule has 0 bridgehead atoms. The summed E-state index contributed by atoms with van der Waals surface area (Å²) in [5.41, 5.74) is 4.77. The Balaban J connectivity index is 1.28. The Morgan fingerprint density at radius 3 is 1.18 bits per heavy atom. The van der Waals surface area contributed by atoms with Crippen molar-refractivity contribution in [3.05, 3.63) is 130 Å². The fourth-order valence-electron chi connectivity index (χ4n) is 7.90. The number of carbonyl (C=O) groups is 8. The first-order valence-corrected chi connectivity index (χ1v) is 21.9. The maximum Gasteiger partial charge on any atom is 0.343 e. The summed E-state index contributed by atoms with van der Waals surface area (Å²) < 4.78 is 19.8. The number of aliphatic hydroxyl groups excluding tert-OH is 4. The van der Waals surface area contributed by atoms with E-state index in [0.29, 0.717) is 11.1 Å². The zero-order valence-electron chi connectivity index (χ0n) is 39.8. The summed E-state index contributed by atoms with van der Waals surface area (Å²) in [7, 11) is 0. The number of cyclic esters (lactones) is 2. The van der Waals surface area contributed by atoms with Crippen molar-refractivity contribution < 1.29 is 77.7 Å². The molecule has 2 saturated heterocycles. The van der Waals surface area contributed by atoms with Crippen LogP contribution in [-0.2, 0) is 57.3 Å². The Morgan fingerprint density at radius 1 is 0.559 bits per heavy atom. The van der Waals surface area contributed by atoms with E-state index >= 15 is 0 Å². The smallest absolute Gasteiger partial charge is 0.343 e. The van der Waals surface area contributed by atoms with Gasteiger partial charge in [0, 0.05) is 12.8 Å². The van der Waals surface area contributed by atoms with Crippen LogP contribution in [0.2, 0.25) is 0 Å². The second kappa shape index (κ2) is 22.6. The van der Waals surface area contributed by atoms with Crippen molar-refractivity contribution in [2.75, 3.05) is 0 Å². The van der Waals surface area contributed by atoms with E-state index in [-0.39, 0.29) is 12.8 Å². The van der Waals surface area contributed by atoms with E-state index in [9.17, 15) is 58.8 Å². The van der Waals surface area contributed by atoms with Crippen molar-refractivity contribution in [1.29, 1.82) is 0 Å². The van der Waals surface area contributed by atoms with Gasteiger partial charge in [-0.25, -0.2) is 19.2 Å². The quantitative estimate of drug-likeness (QED) is 0.0722. The highest BCUT2D eigenvalue weighted by molar-refractivity contribution is 6.12. The Bertz CT molecular complexity index is 2290. The van der Waals surface area contributed by atoms with Crippen LogP contribution >= 0.6 is 0 Å². The van der Waals surface area contributed by atoms with Gasteiger partial charge in [-0.2, -0.15) is 0 Å². The maximum absolute atomic E-state index is 13.2. The van der Waals surface area contributed by atoms with E-state index in [1.54, 1.807) is 13.8 Å². The monoisotopic (exact) mass is 940 g/mol. The van der Waals surface area contributed by atoms with Crippen LogP contribution in [0.1, 0.15) is 82.1 Å². The van der Waals surface area contributed by atoms with E-state index < -0.39 is 107 Å². The molecule has 2 heterocycles. The summed E-state index contributed by atoms with van der Waals surface area (Å²) in [4.78, 5) is 98.6. The summed E-state index contributed by atoms with van der Waals surface area (Å²) in [6.45, 7) is 18.5. The second-order valence-corrected chi connectivity index (χ2v) is 18.5. The second-order valence-electron chi connectivity index (χ2n) is 18.5. The van der Waals surface area contributed by atoms with Crippen molar-refractivity contribution in [2.24, 2.45) is 10.8 Å². The maximum atomic E-state index is 13.2. The van der Waals surface area contributed by atoms with Crippen LogP contribution in [0.5, 0.6) is 0 Å². The predicted octanol–water partition coefficient (Wildman–Crippen LogP) is 4.44. The topological polar surface area (TPSA) is 254 Å². The van der Waals surface area contributed by atoms with Crippen LogP contribution in [0.4, 0.5) is 0 Å². The van der Waals surface area contributed by atoms with E-state index in [1.807, 2.05) is 140 Å². The average molecular weight is 941 g/mol. The molecule has 0 spiro atoms. The van der Waals surface area contributed by atoms with E-state index in [2.05, 4.69) is 9.47 Å². The van der Waals surface area contributed by atoms with Gasteiger partial charge in [-0.05, 0) is 74.7 Å². The van der Waals surface area contributed by atoms with Crippen LogP contribution in [0.25, 0.3) is 0 Å². The minimum absolute atomic E-state index is 0.0960. The number of hydrogen-bond donors (Lipinski definition) is 4. The molecule has 2 fully saturated rings. The number of hydrogen-bond acceptors (Lipinski definition) is 16. The first kappa shape index (κ1) is 54.1. The summed E-state index contributed by atoms with van der Waals surface area (Å²) in [6.07, 6.45) is 12.0. The summed E-state index contributed by atoms with van der Waals surface area (Å²) in [6, 6.07) is 0. The number of esters is 4.